The largest absolute Gasteiger partial charge is 0.369 e. The number of carbonyl (C=O) groups is 2. The van der Waals surface area contributed by atoms with Crippen molar-refractivity contribution in [3.05, 3.63) is 29.3 Å². The molecular formula is C14H18N2O2. The van der Waals surface area contributed by atoms with E-state index in [9.17, 15) is 9.59 Å². The number of nitrogens with one attached hydrogen (secondary N) is 1. The number of benzene rings is 1. The van der Waals surface area contributed by atoms with Gasteiger partial charge in [0.15, 0.2) is 0 Å². The Morgan fingerprint density at radius 2 is 2.00 bits per heavy atom. The van der Waals surface area contributed by atoms with E-state index in [2.05, 4.69) is 5.32 Å². The molecule has 0 aromatic heterocycles. The van der Waals surface area contributed by atoms with Gasteiger partial charge in [-0.2, -0.15) is 0 Å². The summed E-state index contributed by atoms with van der Waals surface area (Å²) in [6.07, 6.45) is 1.78. The third-order valence-corrected chi connectivity index (χ3v) is 3.57. The molecule has 0 spiro atoms. The van der Waals surface area contributed by atoms with Gasteiger partial charge in [-0.05, 0) is 36.1 Å². The first-order chi connectivity index (χ1) is 8.44. The van der Waals surface area contributed by atoms with Crippen LogP contribution in [0.25, 0.3) is 0 Å². The van der Waals surface area contributed by atoms with Gasteiger partial charge in [0.05, 0.1) is 5.41 Å². The fraction of sp³-hybridized carbons (Fsp3) is 0.429. The van der Waals surface area contributed by atoms with Crippen molar-refractivity contribution in [1.29, 1.82) is 0 Å². The van der Waals surface area contributed by atoms with E-state index < -0.39 is 5.41 Å². The lowest BCUT2D eigenvalue weighted by Gasteiger charge is -2.17. The molecule has 18 heavy (non-hydrogen) atoms. The first kappa shape index (κ1) is 12.6. The third-order valence-electron chi connectivity index (χ3n) is 3.57. The molecular weight excluding hydrogens is 228 g/mol. The Hall–Kier alpha value is -1.84. The molecule has 96 valence electrons. The summed E-state index contributed by atoms with van der Waals surface area (Å²) in [5, 5.41) is 2.82. The fourth-order valence-electron chi connectivity index (χ4n) is 2.37. The van der Waals surface area contributed by atoms with Crippen LogP contribution in [0.1, 0.15) is 31.4 Å². The molecule has 2 rings (SSSR count). The van der Waals surface area contributed by atoms with Gasteiger partial charge in [0.2, 0.25) is 11.8 Å². The molecule has 1 aliphatic rings. The van der Waals surface area contributed by atoms with Crippen LogP contribution >= 0.6 is 0 Å². The maximum atomic E-state index is 11.5. The number of carbonyl (C=O) groups excluding carboxylic acids is 2. The van der Waals surface area contributed by atoms with Gasteiger partial charge >= 0.3 is 0 Å². The van der Waals surface area contributed by atoms with E-state index in [-0.39, 0.29) is 11.8 Å². The van der Waals surface area contributed by atoms with Crippen LogP contribution in [0.4, 0.5) is 5.69 Å². The minimum atomic E-state index is -0.490. The summed E-state index contributed by atoms with van der Waals surface area (Å²) >= 11 is 0. The molecule has 1 unspecified atom stereocenters. The average Bonchev–Trinajstić information content (AvgIpc) is 2.66. The van der Waals surface area contributed by atoms with E-state index >= 15 is 0 Å². The molecule has 0 radical (unpaired) electrons. The van der Waals surface area contributed by atoms with Gasteiger partial charge < -0.3 is 11.1 Å². The first-order valence-electron chi connectivity index (χ1n) is 6.16. The Morgan fingerprint density at radius 3 is 2.61 bits per heavy atom. The highest BCUT2D eigenvalue weighted by Gasteiger charge is 2.37. The van der Waals surface area contributed by atoms with Crippen molar-refractivity contribution >= 4 is 17.5 Å². The zero-order valence-electron chi connectivity index (χ0n) is 10.7. The SMILES string of the molecule is CCC(=O)Nc1ccc2c(c1)CC(C)(C(N)=O)C2. The summed E-state index contributed by atoms with van der Waals surface area (Å²) in [6, 6.07) is 5.78. The predicted octanol–water partition coefficient (Wildman–Crippen LogP) is 1.63. The fourth-order valence-corrected chi connectivity index (χ4v) is 2.37. The Kier molecular flexibility index (Phi) is 3.11. The number of hydrogen-bond acceptors (Lipinski definition) is 2. The second kappa shape index (κ2) is 4.44. The molecule has 1 atom stereocenters. The maximum absolute atomic E-state index is 11.5. The van der Waals surface area contributed by atoms with E-state index in [0.717, 1.165) is 16.8 Å². The Balaban J connectivity index is 2.22. The predicted molar refractivity (Wildman–Crippen MR) is 70.1 cm³/mol. The monoisotopic (exact) mass is 246 g/mol. The molecule has 1 aromatic rings. The van der Waals surface area contributed by atoms with Crippen LogP contribution in [0.5, 0.6) is 0 Å². The molecule has 4 heteroatoms. The first-order valence-corrected chi connectivity index (χ1v) is 6.16. The summed E-state index contributed by atoms with van der Waals surface area (Å²) in [4.78, 5) is 22.8. The highest BCUT2D eigenvalue weighted by Crippen LogP contribution is 2.37. The van der Waals surface area contributed by atoms with Crippen molar-refractivity contribution in [3.8, 4) is 0 Å². The molecule has 1 aliphatic carbocycles. The summed E-state index contributed by atoms with van der Waals surface area (Å²) in [5.74, 6) is -0.275. The molecule has 4 nitrogen and oxygen atoms in total. The maximum Gasteiger partial charge on any atom is 0.224 e. The van der Waals surface area contributed by atoms with Gasteiger partial charge in [-0.25, -0.2) is 0 Å². The highest BCUT2D eigenvalue weighted by molar-refractivity contribution is 5.90. The Labute approximate surface area is 107 Å². The van der Waals surface area contributed by atoms with Gasteiger partial charge in [0, 0.05) is 12.1 Å². The van der Waals surface area contributed by atoms with E-state index in [0.29, 0.717) is 19.3 Å². The van der Waals surface area contributed by atoms with Gasteiger partial charge in [-0.1, -0.05) is 19.9 Å². The van der Waals surface area contributed by atoms with Crippen molar-refractivity contribution in [2.24, 2.45) is 11.1 Å². The van der Waals surface area contributed by atoms with Crippen molar-refractivity contribution in [3.63, 3.8) is 0 Å². The van der Waals surface area contributed by atoms with E-state index in [1.807, 2.05) is 32.0 Å². The van der Waals surface area contributed by atoms with Crippen molar-refractivity contribution in [1.82, 2.24) is 0 Å². The minimum absolute atomic E-state index is 0.00869. The summed E-state index contributed by atoms with van der Waals surface area (Å²) < 4.78 is 0. The summed E-state index contributed by atoms with van der Waals surface area (Å²) in [7, 11) is 0. The standard InChI is InChI=1S/C14H18N2O2/c1-3-12(17)16-11-5-4-9-7-14(2,13(15)18)8-10(9)6-11/h4-6H,3,7-8H2,1-2H3,(H2,15,18)(H,16,17). The number of anilines is 1. The average molecular weight is 246 g/mol. The van der Waals surface area contributed by atoms with Crippen molar-refractivity contribution in [2.75, 3.05) is 5.32 Å². The van der Waals surface area contributed by atoms with Crippen LogP contribution in [0.15, 0.2) is 18.2 Å². The van der Waals surface area contributed by atoms with Crippen LogP contribution in [0.3, 0.4) is 0 Å². The number of hydrogen-bond donors (Lipinski definition) is 2. The smallest absolute Gasteiger partial charge is 0.224 e. The molecule has 0 bridgehead atoms. The quantitative estimate of drug-likeness (QED) is 0.850. The molecule has 0 fully saturated rings. The number of amides is 2. The van der Waals surface area contributed by atoms with Crippen molar-refractivity contribution in [2.45, 2.75) is 33.1 Å². The Bertz CT molecular complexity index is 511. The van der Waals surface area contributed by atoms with Crippen LogP contribution in [0.2, 0.25) is 0 Å². The lowest BCUT2D eigenvalue weighted by molar-refractivity contribution is -0.126. The minimum Gasteiger partial charge on any atom is -0.369 e. The van der Waals surface area contributed by atoms with E-state index in [1.54, 1.807) is 0 Å². The third kappa shape index (κ3) is 2.23. The molecule has 0 heterocycles. The molecule has 1 aromatic carbocycles. The zero-order valence-corrected chi connectivity index (χ0v) is 10.7. The molecule has 0 aliphatic heterocycles. The number of primary amides is 1. The molecule has 0 saturated carbocycles. The van der Waals surface area contributed by atoms with Crippen LogP contribution < -0.4 is 11.1 Å². The van der Waals surface area contributed by atoms with Crippen LogP contribution in [-0.4, -0.2) is 11.8 Å². The summed E-state index contributed by atoms with van der Waals surface area (Å²) in [6.45, 7) is 3.70. The Morgan fingerprint density at radius 1 is 1.33 bits per heavy atom. The molecule has 0 saturated heterocycles. The summed E-state index contributed by atoms with van der Waals surface area (Å²) in [5.41, 5.74) is 7.99. The van der Waals surface area contributed by atoms with Gasteiger partial charge in [0.25, 0.3) is 0 Å². The second-order valence-electron chi connectivity index (χ2n) is 5.16. The second-order valence-corrected chi connectivity index (χ2v) is 5.16. The topological polar surface area (TPSA) is 72.2 Å². The lowest BCUT2D eigenvalue weighted by atomic mass is 9.87. The normalized spacial score (nSPS) is 21.4. The van der Waals surface area contributed by atoms with E-state index in [4.69, 9.17) is 5.73 Å². The molecule has 3 N–H and O–H groups in total. The van der Waals surface area contributed by atoms with Gasteiger partial charge in [-0.3, -0.25) is 9.59 Å². The zero-order chi connectivity index (χ0) is 13.3. The van der Waals surface area contributed by atoms with E-state index in [1.165, 1.54) is 0 Å². The van der Waals surface area contributed by atoms with Crippen molar-refractivity contribution < 1.29 is 9.59 Å². The van der Waals surface area contributed by atoms with Crippen LogP contribution in [-0.2, 0) is 22.4 Å². The van der Waals surface area contributed by atoms with Gasteiger partial charge in [0.1, 0.15) is 0 Å². The molecule has 2 amide bonds. The number of fused-ring (bicyclic) bond motifs is 1. The van der Waals surface area contributed by atoms with Gasteiger partial charge in [-0.15, -0.1) is 0 Å². The number of nitrogens with two attached hydrogens (primary N) is 1. The van der Waals surface area contributed by atoms with Crippen LogP contribution in [0, 0.1) is 5.41 Å². The highest BCUT2D eigenvalue weighted by atomic mass is 16.2. The number of rotatable bonds is 3. The lowest BCUT2D eigenvalue weighted by Crippen LogP contribution is -2.34.